The summed E-state index contributed by atoms with van der Waals surface area (Å²) in [5, 5.41) is 1.02. The highest BCUT2D eigenvalue weighted by atomic mass is 79.9. The Balaban J connectivity index is 2.74. The Labute approximate surface area is 95.8 Å². The van der Waals surface area contributed by atoms with Gasteiger partial charge in [-0.2, -0.15) is 0 Å². The Kier molecular flexibility index (Phi) is 2.52. The highest BCUT2D eigenvalue weighted by Crippen LogP contribution is 2.26. The number of rotatable bonds is 0. The van der Waals surface area contributed by atoms with Crippen LogP contribution in [0.3, 0.4) is 0 Å². The summed E-state index contributed by atoms with van der Waals surface area (Å²) in [7, 11) is 1.37. The van der Waals surface area contributed by atoms with Gasteiger partial charge in [0.15, 0.2) is 0 Å². The van der Waals surface area contributed by atoms with Gasteiger partial charge >= 0.3 is 6.09 Å². The summed E-state index contributed by atoms with van der Waals surface area (Å²) in [6.45, 7) is 2.01. The molecule has 0 bridgehead atoms. The number of aryl methyl sites for hydroxylation is 1. The summed E-state index contributed by atoms with van der Waals surface area (Å²) in [5.41, 5.74) is 1.99. The quantitative estimate of drug-likeness (QED) is 0.733. The zero-order valence-electron chi connectivity index (χ0n) is 8.45. The number of fused-ring (bicyclic) bond motifs is 1. The van der Waals surface area contributed by atoms with Crippen LogP contribution < -0.4 is 0 Å². The van der Waals surface area contributed by atoms with Gasteiger partial charge in [0.1, 0.15) is 0 Å². The van der Waals surface area contributed by atoms with Crippen molar-refractivity contribution in [2.45, 2.75) is 6.92 Å². The van der Waals surface area contributed by atoms with E-state index < -0.39 is 0 Å². The number of methoxy groups -OCH3 is 1. The first-order valence-corrected chi connectivity index (χ1v) is 5.28. The van der Waals surface area contributed by atoms with Crippen molar-refractivity contribution in [1.82, 2.24) is 4.57 Å². The van der Waals surface area contributed by atoms with Gasteiger partial charge in [-0.15, -0.1) is 0 Å². The fourth-order valence-corrected chi connectivity index (χ4v) is 2.40. The van der Waals surface area contributed by atoms with Crippen molar-refractivity contribution in [1.29, 1.82) is 0 Å². The van der Waals surface area contributed by atoms with E-state index in [9.17, 15) is 4.79 Å². The zero-order chi connectivity index (χ0) is 11.0. The lowest BCUT2D eigenvalue weighted by atomic mass is 10.2. The Morgan fingerprint density at radius 1 is 1.47 bits per heavy atom. The summed E-state index contributed by atoms with van der Waals surface area (Å²) in [6, 6.07) is 5.89. The van der Waals surface area contributed by atoms with Crippen LogP contribution >= 0.6 is 15.9 Å². The molecule has 1 aromatic carbocycles. The number of hydrogen-bond donors (Lipinski definition) is 0. The Morgan fingerprint density at radius 3 is 2.87 bits per heavy atom. The number of nitrogens with zero attached hydrogens (tertiary/aromatic N) is 1. The number of halogens is 1. The van der Waals surface area contributed by atoms with Crippen LogP contribution in [0.25, 0.3) is 10.9 Å². The fourth-order valence-electron chi connectivity index (χ4n) is 1.62. The smallest absolute Gasteiger partial charge is 0.418 e. The van der Waals surface area contributed by atoms with E-state index in [4.69, 9.17) is 4.74 Å². The molecule has 0 amide bonds. The second-order valence-electron chi connectivity index (χ2n) is 3.34. The van der Waals surface area contributed by atoms with Gasteiger partial charge in [-0.25, -0.2) is 4.79 Å². The number of carbonyl (C=O) groups is 1. The first kappa shape index (κ1) is 10.2. The van der Waals surface area contributed by atoms with Gasteiger partial charge in [0, 0.05) is 16.1 Å². The molecule has 0 radical (unpaired) electrons. The van der Waals surface area contributed by atoms with Crippen LogP contribution in [0.2, 0.25) is 0 Å². The van der Waals surface area contributed by atoms with Crippen molar-refractivity contribution in [3.05, 3.63) is 34.4 Å². The van der Waals surface area contributed by atoms with Crippen molar-refractivity contribution in [2.24, 2.45) is 0 Å². The lowest BCUT2D eigenvalue weighted by molar-refractivity contribution is 0.174. The van der Waals surface area contributed by atoms with Gasteiger partial charge in [-0.3, -0.25) is 4.57 Å². The minimum atomic E-state index is -0.380. The number of hydrogen-bond acceptors (Lipinski definition) is 2. The van der Waals surface area contributed by atoms with Crippen LogP contribution in [0.5, 0.6) is 0 Å². The van der Waals surface area contributed by atoms with E-state index in [1.54, 1.807) is 6.20 Å². The van der Waals surface area contributed by atoms with Gasteiger partial charge in [-0.05, 0) is 46.6 Å². The van der Waals surface area contributed by atoms with E-state index in [1.165, 1.54) is 11.7 Å². The second kappa shape index (κ2) is 3.70. The van der Waals surface area contributed by atoms with Crippen molar-refractivity contribution < 1.29 is 9.53 Å². The van der Waals surface area contributed by atoms with Crippen LogP contribution in [0.1, 0.15) is 5.56 Å². The molecule has 0 saturated carbocycles. The van der Waals surface area contributed by atoms with Crippen molar-refractivity contribution >= 4 is 32.9 Å². The van der Waals surface area contributed by atoms with Crippen LogP contribution in [0.4, 0.5) is 4.79 Å². The third-order valence-electron chi connectivity index (χ3n) is 2.25. The fraction of sp³-hybridized carbons (Fsp3) is 0.182. The molecule has 1 heterocycles. The first-order valence-electron chi connectivity index (χ1n) is 4.49. The van der Waals surface area contributed by atoms with Gasteiger partial charge in [-0.1, -0.05) is 0 Å². The molecule has 0 atom stereocenters. The monoisotopic (exact) mass is 267 g/mol. The molecule has 4 heteroatoms. The maximum atomic E-state index is 11.4. The lowest BCUT2D eigenvalue weighted by Gasteiger charge is -2.04. The summed E-state index contributed by atoms with van der Waals surface area (Å²) >= 11 is 3.45. The number of benzene rings is 1. The van der Waals surface area contributed by atoms with E-state index in [-0.39, 0.29) is 6.09 Å². The topological polar surface area (TPSA) is 31.2 Å². The second-order valence-corrected chi connectivity index (χ2v) is 4.19. The Hall–Kier alpha value is -1.29. The summed E-state index contributed by atoms with van der Waals surface area (Å²) < 4.78 is 7.07. The van der Waals surface area contributed by atoms with Gasteiger partial charge in [0.05, 0.1) is 12.6 Å². The first-order chi connectivity index (χ1) is 7.13. The highest BCUT2D eigenvalue weighted by molar-refractivity contribution is 9.10. The normalized spacial score (nSPS) is 10.6. The summed E-state index contributed by atoms with van der Waals surface area (Å²) in [6.07, 6.45) is 1.33. The average molecular weight is 268 g/mol. The van der Waals surface area contributed by atoms with E-state index in [0.717, 1.165) is 20.9 Å². The largest absolute Gasteiger partial charge is 0.452 e. The Bertz CT molecular complexity index is 531. The summed E-state index contributed by atoms with van der Waals surface area (Å²) in [5.74, 6) is 0. The maximum absolute atomic E-state index is 11.4. The SMILES string of the molecule is COC(=O)n1ccc2cc(C)cc(Br)c21. The third-order valence-corrected chi connectivity index (χ3v) is 2.86. The molecule has 0 unspecified atom stereocenters. The molecule has 2 aromatic rings. The van der Waals surface area contributed by atoms with Gasteiger partial charge < -0.3 is 4.74 Å². The molecule has 0 fully saturated rings. The maximum Gasteiger partial charge on any atom is 0.418 e. The molecule has 2 rings (SSSR count). The predicted octanol–water partition coefficient (Wildman–Crippen LogP) is 3.33. The van der Waals surface area contributed by atoms with Gasteiger partial charge in [0.2, 0.25) is 0 Å². The molecule has 0 aliphatic carbocycles. The number of aromatic nitrogens is 1. The number of ether oxygens (including phenoxy) is 1. The molecule has 78 valence electrons. The van der Waals surface area contributed by atoms with Crippen molar-refractivity contribution in [2.75, 3.05) is 7.11 Å². The molecular weight excluding hydrogens is 258 g/mol. The van der Waals surface area contributed by atoms with Crippen molar-refractivity contribution in [3.63, 3.8) is 0 Å². The van der Waals surface area contributed by atoms with Crippen LogP contribution in [0, 0.1) is 6.92 Å². The molecular formula is C11H10BrNO2. The van der Waals surface area contributed by atoms with E-state index >= 15 is 0 Å². The lowest BCUT2D eigenvalue weighted by Crippen LogP contribution is -2.09. The van der Waals surface area contributed by atoms with E-state index in [0.29, 0.717) is 0 Å². The van der Waals surface area contributed by atoms with Crippen LogP contribution in [0.15, 0.2) is 28.9 Å². The Morgan fingerprint density at radius 2 is 2.20 bits per heavy atom. The van der Waals surface area contributed by atoms with Gasteiger partial charge in [0.25, 0.3) is 0 Å². The van der Waals surface area contributed by atoms with Crippen molar-refractivity contribution in [3.8, 4) is 0 Å². The standard InChI is InChI=1S/C11H10BrNO2/c1-7-5-8-3-4-13(11(14)15-2)10(8)9(12)6-7/h3-6H,1-2H3. The van der Waals surface area contributed by atoms with Crippen LogP contribution in [-0.4, -0.2) is 17.8 Å². The van der Waals surface area contributed by atoms with Crippen LogP contribution in [-0.2, 0) is 4.74 Å². The highest BCUT2D eigenvalue weighted by Gasteiger charge is 2.11. The predicted molar refractivity (Wildman–Crippen MR) is 62.2 cm³/mol. The van der Waals surface area contributed by atoms with E-state index in [2.05, 4.69) is 15.9 Å². The average Bonchev–Trinajstić information content (AvgIpc) is 2.60. The molecule has 0 saturated heterocycles. The molecule has 15 heavy (non-hydrogen) atoms. The molecule has 0 N–H and O–H groups in total. The molecule has 0 aliphatic heterocycles. The summed E-state index contributed by atoms with van der Waals surface area (Å²) in [4.78, 5) is 11.4. The molecule has 1 aromatic heterocycles. The molecule has 3 nitrogen and oxygen atoms in total. The minimum Gasteiger partial charge on any atom is -0.452 e. The number of carbonyl (C=O) groups excluding carboxylic acids is 1. The van der Waals surface area contributed by atoms with E-state index in [1.807, 2.05) is 25.1 Å². The molecule has 0 spiro atoms. The third kappa shape index (κ3) is 1.65. The zero-order valence-corrected chi connectivity index (χ0v) is 10.0. The molecule has 0 aliphatic rings. The minimum absolute atomic E-state index is 0.380.